The molecule has 0 N–H and O–H groups in total. The lowest BCUT2D eigenvalue weighted by molar-refractivity contribution is -0.0372. The highest BCUT2D eigenvalue weighted by molar-refractivity contribution is 5.88. The minimum absolute atomic E-state index is 0.404. The number of pyridine rings is 1. The minimum Gasteiger partial charge on any atom is -0.455 e. The first-order chi connectivity index (χ1) is 8.75. The molecule has 2 rings (SSSR count). The van der Waals surface area contributed by atoms with Crippen molar-refractivity contribution in [1.82, 2.24) is 4.98 Å². The van der Waals surface area contributed by atoms with Crippen molar-refractivity contribution in [1.29, 1.82) is 0 Å². The van der Waals surface area contributed by atoms with Gasteiger partial charge in [0, 0.05) is 19.3 Å². The second-order valence-corrected chi connectivity index (χ2v) is 3.65. The largest absolute Gasteiger partial charge is 0.455 e. The van der Waals surface area contributed by atoms with Crippen LogP contribution in [0.15, 0.2) is 54.9 Å². The topological polar surface area (TPSA) is 48.4 Å². The number of nitrogens with zero attached hydrogens (tertiary/aromatic N) is 1. The molecular formula is C14H13NO3. The van der Waals surface area contributed by atoms with Crippen LogP contribution in [0.2, 0.25) is 0 Å². The van der Waals surface area contributed by atoms with Crippen molar-refractivity contribution in [2.45, 2.75) is 13.2 Å². The summed E-state index contributed by atoms with van der Waals surface area (Å²) in [5.41, 5.74) is 0.404. The number of rotatable bonds is 4. The molecule has 0 aliphatic rings. The third kappa shape index (κ3) is 3.31. The smallest absolute Gasteiger partial charge is 0.342 e. The average molecular weight is 243 g/mol. The number of carbonyl (C=O) groups is 1. The molecule has 4 heteroatoms. The number of benzene rings is 1. The van der Waals surface area contributed by atoms with Gasteiger partial charge in [0.05, 0.1) is 5.56 Å². The summed E-state index contributed by atoms with van der Waals surface area (Å²) in [6, 6.07) is 12.5. The second kappa shape index (κ2) is 5.82. The van der Waals surface area contributed by atoms with Gasteiger partial charge >= 0.3 is 5.97 Å². The summed E-state index contributed by atoms with van der Waals surface area (Å²) in [4.78, 5) is 15.6. The molecule has 0 saturated carbocycles. The Balaban J connectivity index is 1.92. The van der Waals surface area contributed by atoms with Crippen molar-refractivity contribution in [3.63, 3.8) is 0 Å². The highest BCUT2D eigenvalue weighted by Crippen LogP contribution is 2.12. The lowest BCUT2D eigenvalue weighted by atomic mass is 10.3. The van der Waals surface area contributed by atoms with Crippen LogP contribution in [0.1, 0.15) is 17.3 Å². The van der Waals surface area contributed by atoms with Gasteiger partial charge in [-0.1, -0.05) is 18.2 Å². The number of aromatic nitrogens is 1. The molecule has 1 heterocycles. The third-order valence-corrected chi connectivity index (χ3v) is 2.22. The Labute approximate surface area is 105 Å². The highest BCUT2D eigenvalue weighted by Gasteiger charge is 2.12. The van der Waals surface area contributed by atoms with Gasteiger partial charge in [0.25, 0.3) is 0 Å². The van der Waals surface area contributed by atoms with Crippen molar-refractivity contribution < 1.29 is 14.3 Å². The van der Waals surface area contributed by atoms with Gasteiger partial charge in [0.15, 0.2) is 0 Å². The van der Waals surface area contributed by atoms with Crippen LogP contribution in [0.4, 0.5) is 0 Å². The molecule has 1 unspecified atom stereocenters. The Kier molecular flexibility index (Phi) is 3.91. The van der Waals surface area contributed by atoms with E-state index in [4.69, 9.17) is 9.47 Å². The summed E-state index contributed by atoms with van der Waals surface area (Å²) in [7, 11) is 0. The quantitative estimate of drug-likeness (QED) is 0.612. The zero-order valence-corrected chi connectivity index (χ0v) is 9.95. The lowest BCUT2D eigenvalue weighted by Crippen LogP contribution is -2.21. The second-order valence-electron chi connectivity index (χ2n) is 3.65. The van der Waals surface area contributed by atoms with E-state index in [1.807, 2.05) is 18.2 Å². The van der Waals surface area contributed by atoms with E-state index in [1.54, 1.807) is 37.4 Å². The molecule has 0 amide bonds. The molecule has 92 valence electrons. The Bertz CT molecular complexity index is 499. The first kappa shape index (κ1) is 12.1. The van der Waals surface area contributed by atoms with Gasteiger partial charge in [-0.05, 0) is 24.3 Å². The normalized spacial score (nSPS) is 11.6. The van der Waals surface area contributed by atoms with Crippen molar-refractivity contribution in [3.8, 4) is 5.75 Å². The molecule has 4 nitrogen and oxygen atoms in total. The van der Waals surface area contributed by atoms with Crippen LogP contribution in [0.3, 0.4) is 0 Å². The van der Waals surface area contributed by atoms with E-state index < -0.39 is 12.3 Å². The Morgan fingerprint density at radius 2 is 1.94 bits per heavy atom. The SMILES string of the molecule is CC(OC(=O)c1cccnc1)Oc1ccccc1. The van der Waals surface area contributed by atoms with E-state index in [1.165, 1.54) is 6.20 Å². The molecule has 2 aromatic rings. The van der Waals surface area contributed by atoms with Crippen molar-refractivity contribution in [3.05, 3.63) is 60.4 Å². The zero-order chi connectivity index (χ0) is 12.8. The summed E-state index contributed by atoms with van der Waals surface area (Å²) in [6.45, 7) is 1.67. The number of hydrogen-bond acceptors (Lipinski definition) is 4. The number of esters is 1. The standard InChI is InChI=1S/C14H13NO3/c1-11(17-13-7-3-2-4-8-13)18-14(16)12-6-5-9-15-10-12/h2-11H,1H3. The predicted octanol–water partition coefficient (Wildman–Crippen LogP) is 2.66. The summed E-state index contributed by atoms with van der Waals surface area (Å²) in [5.74, 6) is 0.204. The number of ether oxygens (including phenoxy) is 2. The molecule has 1 aromatic carbocycles. The molecule has 18 heavy (non-hydrogen) atoms. The Hall–Kier alpha value is -2.36. The van der Waals surface area contributed by atoms with E-state index in [0.29, 0.717) is 11.3 Å². The van der Waals surface area contributed by atoms with Gasteiger partial charge in [-0.3, -0.25) is 4.98 Å². The van der Waals surface area contributed by atoms with Crippen LogP contribution in [-0.4, -0.2) is 17.2 Å². The summed E-state index contributed by atoms with van der Waals surface area (Å²) in [5, 5.41) is 0. The third-order valence-electron chi connectivity index (χ3n) is 2.22. The first-order valence-corrected chi connectivity index (χ1v) is 5.58. The zero-order valence-electron chi connectivity index (χ0n) is 9.95. The van der Waals surface area contributed by atoms with E-state index in [0.717, 1.165) is 0 Å². The van der Waals surface area contributed by atoms with E-state index >= 15 is 0 Å². The van der Waals surface area contributed by atoms with E-state index in [9.17, 15) is 4.79 Å². The van der Waals surface area contributed by atoms with Crippen LogP contribution < -0.4 is 4.74 Å². The van der Waals surface area contributed by atoms with Crippen LogP contribution >= 0.6 is 0 Å². The van der Waals surface area contributed by atoms with Gasteiger partial charge in [-0.2, -0.15) is 0 Å². The molecule has 0 fully saturated rings. The molecule has 0 bridgehead atoms. The number of para-hydroxylation sites is 1. The van der Waals surface area contributed by atoms with Gasteiger partial charge < -0.3 is 9.47 Å². The van der Waals surface area contributed by atoms with Crippen molar-refractivity contribution in [2.75, 3.05) is 0 Å². The monoisotopic (exact) mass is 243 g/mol. The van der Waals surface area contributed by atoms with Gasteiger partial charge in [-0.25, -0.2) is 4.79 Å². The van der Waals surface area contributed by atoms with Crippen molar-refractivity contribution >= 4 is 5.97 Å². The number of carbonyl (C=O) groups excluding carboxylic acids is 1. The molecule has 0 aliphatic carbocycles. The molecule has 0 saturated heterocycles. The molecule has 0 radical (unpaired) electrons. The van der Waals surface area contributed by atoms with Crippen LogP contribution in [0.5, 0.6) is 5.75 Å². The van der Waals surface area contributed by atoms with Gasteiger partial charge in [0.1, 0.15) is 5.75 Å². The Morgan fingerprint density at radius 1 is 1.17 bits per heavy atom. The van der Waals surface area contributed by atoms with Crippen LogP contribution in [-0.2, 0) is 4.74 Å². The summed E-state index contributed by atoms with van der Waals surface area (Å²) < 4.78 is 10.6. The lowest BCUT2D eigenvalue weighted by Gasteiger charge is -2.15. The summed E-state index contributed by atoms with van der Waals surface area (Å²) >= 11 is 0. The van der Waals surface area contributed by atoms with E-state index in [-0.39, 0.29) is 0 Å². The number of hydrogen-bond donors (Lipinski definition) is 0. The molecule has 1 atom stereocenters. The fourth-order valence-electron chi connectivity index (χ4n) is 1.42. The fraction of sp³-hybridized carbons (Fsp3) is 0.143. The van der Waals surface area contributed by atoms with E-state index in [2.05, 4.69) is 4.98 Å². The molecule has 0 spiro atoms. The maximum absolute atomic E-state index is 11.7. The highest BCUT2D eigenvalue weighted by atomic mass is 16.7. The molecule has 0 aliphatic heterocycles. The fourth-order valence-corrected chi connectivity index (χ4v) is 1.42. The Morgan fingerprint density at radius 3 is 2.61 bits per heavy atom. The first-order valence-electron chi connectivity index (χ1n) is 5.58. The van der Waals surface area contributed by atoms with Gasteiger partial charge in [0.2, 0.25) is 6.29 Å². The maximum Gasteiger partial charge on any atom is 0.342 e. The van der Waals surface area contributed by atoms with Crippen LogP contribution in [0.25, 0.3) is 0 Å². The van der Waals surface area contributed by atoms with Crippen LogP contribution in [0, 0.1) is 0 Å². The van der Waals surface area contributed by atoms with Crippen molar-refractivity contribution in [2.24, 2.45) is 0 Å². The van der Waals surface area contributed by atoms with Gasteiger partial charge in [-0.15, -0.1) is 0 Å². The predicted molar refractivity (Wildman–Crippen MR) is 66.2 cm³/mol. The summed E-state index contributed by atoms with van der Waals surface area (Å²) in [6.07, 6.45) is 2.40. The molecule has 1 aromatic heterocycles. The minimum atomic E-state index is -0.653. The maximum atomic E-state index is 11.7. The average Bonchev–Trinajstić information content (AvgIpc) is 2.40. The molecular weight excluding hydrogens is 230 g/mol.